The lowest BCUT2D eigenvalue weighted by atomic mass is 10.2. The van der Waals surface area contributed by atoms with Gasteiger partial charge in [-0.25, -0.2) is 4.98 Å². The molecule has 0 N–H and O–H groups in total. The zero-order valence-corrected chi connectivity index (χ0v) is 9.90. The third-order valence-electron chi connectivity index (χ3n) is 1.88. The molecule has 0 fully saturated rings. The molecule has 1 rings (SSSR count). The molecule has 0 unspecified atom stereocenters. The molecule has 2 nitrogen and oxygen atoms in total. The molecule has 0 radical (unpaired) electrons. The summed E-state index contributed by atoms with van der Waals surface area (Å²) in [6, 6.07) is 1.58. The Labute approximate surface area is 102 Å². The molecule has 0 bridgehead atoms. The predicted molar refractivity (Wildman–Crippen MR) is 59.2 cm³/mol. The van der Waals surface area contributed by atoms with Crippen LogP contribution in [0.25, 0.3) is 0 Å². The Kier molecular flexibility index (Phi) is 4.40. The molecule has 94 valence electrons. The molecule has 0 aromatic carbocycles. The Morgan fingerprint density at radius 1 is 1.47 bits per heavy atom. The van der Waals surface area contributed by atoms with E-state index in [0.717, 1.165) is 17.7 Å². The quantitative estimate of drug-likeness (QED) is 0.604. The van der Waals surface area contributed by atoms with Gasteiger partial charge in [0.25, 0.3) is 0 Å². The molecule has 0 aliphatic carbocycles. The van der Waals surface area contributed by atoms with Crippen LogP contribution in [0.4, 0.5) is 13.2 Å². The molecule has 0 atom stereocenters. The SMILES string of the molecule is C=C(C)CCOc1cc(C(F)(F)F)cc(Cl)n1. The fourth-order valence-electron chi connectivity index (χ4n) is 1.04. The molecule has 0 spiro atoms. The topological polar surface area (TPSA) is 22.1 Å². The molecule has 0 aliphatic heterocycles. The summed E-state index contributed by atoms with van der Waals surface area (Å²) in [4.78, 5) is 3.66. The number of hydrogen-bond acceptors (Lipinski definition) is 2. The van der Waals surface area contributed by atoms with Gasteiger partial charge in [0.15, 0.2) is 0 Å². The van der Waals surface area contributed by atoms with Crippen LogP contribution >= 0.6 is 11.6 Å². The maximum Gasteiger partial charge on any atom is 0.416 e. The number of halogens is 4. The number of ether oxygens (including phenoxy) is 1. The summed E-state index contributed by atoms with van der Waals surface area (Å²) in [6.07, 6.45) is -3.91. The van der Waals surface area contributed by atoms with Gasteiger partial charge in [0.05, 0.1) is 12.2 Å². The summed E-state index contributed by atoms with van der Waals surface area (Å²) in [7, 11) is 0. The molecule has 1 aromatic heterocycles. The molecular weight excluding hydrogens is 255 g/mol. The molecule has 1 heterocycles. The molecular formula is C11H11ClF3NO. The van der Waals surface area contributed by atoms with Gasteiger partial charge in [-0.15, -0.1) is 6.58 Å². The Morgan fingerprint density at radius 2 is 2.12 bits per heavy atom. The van der Waals surface area contributed by atoms with E-state index in [9.17, 15) is 13.2 Å². The minimum Gasteiger partial charge on any atom is -0.477 e. The van der Waals surface area contributed by atoms with Gasteiger partial charge in [-0.1, -0.05) is 17.2 Å². The standard InChI is InChI=1S/C11H11ClF3NO/c1-7(2)3-4-17-10-6-8(11(13,14)15)5-9(12)16-10/h5-6H,1,3-4H2,2H3. The van der Waals surface area contributed by atoms with Crippen molar-refractivity contribution < 1.29 is 17.9 Å². The highest BCUT2D eigenvalue weighted by atomic mass is 35.5. The van der Waals surface area contributed by atoms with Gasteiger partial charge >= 0.3 is 6.18 Å². The summed E-state index contributed by atoms with van der Waals surface area (Å²) in [5.41, 5.74) is 0.00546. The van der Waals surface area contributed by atoms with Crippen LogP contribution in [0.5, 0.6) is 5.88 Å². The monoisotopic (exact) mass is 265 g/mol. The van der Waals surface area contributed by atoms with Gasteiger partial charge in [0.2, 0.25) is 5.88 Å². The van der Waals surface area contributed by atoms with Crippen molar-refractivity contribution in [2.24, 2.45) is 0 Å². The van der Waals surface area contributed by atoms with E-state index in [0.29, 0.717) is 6.42 Å². The second-order valence-corrected chi connectivity index (χ2v) is 3.96. The zero-order valence-electron chi connectivity index (χ0n) is 9.14. The lowest BCUT2D eigenvalue weighted by molar-refractivity contribution is -0.137. The van der Waals surface area contributed by atoms with E-state index in [1.807, 2.05) is 0 Å². The normalized spacial score (nSPS) is 11.4. The van der Waals surface area contributed by atoms with Crippen LogP contribution in [0.2, 0.25) is 5.15 Å². The van der Waals surface area contributed by atoms with Gasteiger partial charge in [-0.05, 0) is 13.0 Å². The predicted octanol–water partition coefficient (Wildman–Crippen LogP) is 4.10. The van der Waals surface area contributed by atoms with Crippen molar-refractivity contribution >= 4 is 11.6 Å². The first kappa shape index (κ1) is 13.8. The summed E-state index contributed by atoms with van der Waals surface area (Å²) < 4.78 is 42.4. The van der Waals surface area contributed by atoms with Crippen molar-refractivity contribution in [3.8, 4) is 5.88 Å². The van der Waals surface area contributed by atoms with Crippen molar-refractivity contribution in [1.29, 1.82) is 0 Å². The third kappa shape index (κ3) is 4.65. The molecule has 1 aromatic rings. The first-order valence-corrected chi connectivity index (χ1v) is 5.19. The van der Waals surface area contributed by atoms with Gasteiger partial charge in [-0.2, -0.15) is 13.2 Å². The first-order chi connectivity index (χ1) is 7.79. The van der Waals surface area contributed by atoms with Crippen LogP contribution in [0.15, 0.2) is 24.3 Å². The van der Waals surface area contributed by atoms with Crippen LogP contribution in [0.3, 0.4) is 0 Å². The maximum absolute atomic E-state index is 12.4. The Hall–Kier alpha value is -1.23. The van der Waals surface area contributed by atoms with Crippen molar-refractivity contribution in [3.63, 3.8) is 0 Å². The van der Waals surface area contributed by atoms with Crippen LogP contribution in [0, 0.1) is 0 Å². The van der Waals surface area contributed by atoms with Gasteiger partial charge in [0.1, 0.15) is 5.15 Å². The molecule has 0 aliphatic rings. The van der Waals surface area contributed by atoms with Crippen molar-refractivity contribution in [2.75, 3.05) is 6.61 Å². The van der Waals surface area contributed by atoms with E-state index in [-0.39, 0.29) is 17.6 Å². The second kappa shape index (κ2) is 5.40. The minimum absolute atomic E-state index is 0.133. The van der Waals surface area contributed by atoms with E-state index in [2.05, 4.69) is 11.6 Å². The number of pyridine rings is 1. The molecule has 0 amide bonds. The summed E-state index contributed by atoms with van der Waals surface area (Å²) >= 11 is 5.49. The lowest BCUT2D eigenvalue weighted by Crippen LogP contribution is -2.07. The van der Waals surface area contributed by atoms with Gasteiger partial charge in [0, 0.05) is 12.5 Å². The summed E-state index contributed by atoms with van der Waals surface area (Å²) in [6.45, 7) is 5.68. The smallest absolute Gasteiger partial charge is 0.416 e. The van der Waals surface area contributed by atoms with Gasteiger partial charge in [-0.3, -0.25) is 0 Å². The van der Waals surface area contributed by atoms with Crippen LogP contribution < -0.4 is 4.74 Å². The summed E-state index contributed by atoms with van der Waals surface area (Å²) in [5.74, 6) is -0.133. The number of nitrogens with zero attached hydrogens (tertiary/aromatic N) is 1. The first-order valence-electron chi connectivity index (χ1n) is 4.81. The van der Waals surface area contributed by atoms with E-state index in [1.54, 1.807) is 6.92 Å². The number of hydrogen-bond donors (Lipinski definition) is 0. The highest BCUT2D eigenvalue weighted by molar-refractivity contribution is 6.29. The fraction of sp³-hybridized carbons (Fsp3) is 0.364. The van der Waals surface area contributed by atoms with Crippen LogP contribution in [-0.2, 0) is 6.18 Å². The number of rotatable bonds is 4. The van der Waals surface area contributed by atoms with Crippen molar-refractivity contribution in [3.05, 3.63) is 35.0 Å². The van der Waals surface area contributed by atoms with Crippen LogP contribution in [-0.4, -0.2) is 11.6 Å². The highest BCUT2D eigenvalue weighted by Crippen LogP contribution is 2.32. The third-order valence-corrected chi connectivity index (χ3v) is 2.07. The molecule has 0 saturated carbocycles. The summed E-state index contributed by atoms with van der Waals surface area (Å²) in [5, 5.41) is -0.245. The van der Waals surface area contributed by atoms with E-state index in [1.165, 1.54) is 0 Å². The minimum atomic E-state index is -4.46. The van der Waals surface area contributed by atoms with E-state index in [4.69, 9.17) is 16.3 Å². The molecule has 0 saturated heterocycles. The van der Waals surface area contributed by atoms with Crippen molar-refractivity contribution in [1.82, 2.24) is 4.98 Å². The van der Waals surface area contributed by atoms with E-state index >= 15 is 0 Å². The molecule has 17 heavy (non-hydrogen) atoms. The van der Waals surface area contributed by atoms with E-state index < -0.39 is 11.7 Å². The largest absolute Gasteiger partial charge is 0.477 e. The van der Waals surface area contributed by atoms with Crippen molar-refractivity contribution in [2.45, 2.75) is 19.5 Å². The highest BCUT2D eigenvalue weighted by Gasteiger charge is 2.31. The number of alkyl halides is 3. The Bertz CT molecular complexity index is 418. The second-order valence-electron chi connectivity index (χ2n) is 3.57. The number of aromatic nitrogens is 1. The maximum atomic E-state index is 12.4. The van der Waals surface area contributed by atoms with Crippen LogP contribution in [0.1, 0.15) is 18.9 Å². The molecule has 6 heteroatoms. The zero-order chi connectivity index (χ0) is 13.1. The Morgan fingerprint density at radius 3 is 2.65 bits per heavy atom. The average Bonchev–Trinajstić information content (AvgIpc) is 2.14. The van der Waals surface area contributed by atoms with Gasteiger partial charge < -0.3 is 4.74 Å². The Balaban J connectivity index is 2.79. The fourth-order valence-corrected chi connectivity index (χ4v) is 1.24. The average molecular weight is 266 g/mol. The lowest BCUT2D eigenvalue weighted by Gasteiger charge is -2.10.